The number of para-hydroxylation sites is 3. The second-order valence-electron chi connectivity index (χ2n) is 14.8. The van der Waals surface area contributed by atoms with Gasteiger partial charge in [-0.2, -0.15) is 0 Å². The summed E-state index contributed by atoms with van der Waals surface area (Å²) in [5.41, 5.74) is 19.6. The van der Waals surface area contributed by atoms with Crippen LogP contribution in [0.25, 0.3) is 11.1 Å². The fraction of sp³-hybridized carbons (Fsp3) is 0.160. The fourth-order valence-corrected chi connectivity index (χ4v) is 9.28. The van der Waals surface area contributed by atoms with Gasteiger partial charge >= 0.3 is 0 Å². The monoisotopic (exact) mass is 672 g/mol. The molecular formula is C50H44N2. The van der Waals surface area contributed by atoms with Gasteiger partial charge in [0, 0.05) is 39.5 Å². The fourth-order valence-electron chi connectivity index (χ4n) is 9.28. The Bertz CT molecular complexity index is 2310. The van der Waals surface area contributed by atoms with E-state index >= 15 is 0 Å². The summed E-state index contributed by atoms with van der Waals surface area (Å²) < 4.78 is 0. The number of rotatable bonds is 7. The maximum Gasteiger partial charge on any atom is 0.0464 e. The van der Waals surface area contributed by atoms with Crippen LogP contribution in [0.3, 0.4) is 0 Å². The lowest BCUT2D eigenvalue weighted by Gasteiger charge is -2.31. The molecule has 0 amide bonds. The summed E-state index contributed by atoms with van der Waals surface area (Å²) in [7, 11) is 0. The number of fused-ring (bicyclic) bond motifs is 4. The molecule has 0 bridgehead atoms. The van der Waals surface area contributed by atoms with E-state index in [0.717, 1.165) is 25.7 Å². The molecule has 1 spiro atoms. The average molecular weight is 673 g/mol. The first kappa shape index (κ1) is 32.1. The van der Waals surface area contributed by atoms with Gasteiger partial charge in [-0.15, -0.1) is 0 Å². The van der Waals surface area contributed by atoms with Gasteiger partial charge in [0.2, 0.25) is 0 Å². The molecule has 0 radical (unpaired) electrons. The van der Waals surface area contributed by atoms with E-state index < -0.39 is 0 Å². The zero-order valence-electron chi connectivity index (χ0n) is 30.3. The lowest BCUT2D eigenvalue weighted by Crippen LogP contribution is -2.22. The Morgan fingerprint density at radius 2 is 0.788 bits per heavy atom. The first-order chi connectivity index (χ1) is 25.5. The predicted octanol–water partition coefficient (Wildman–Crippen LogP) is 13.4. The van der Waals surface area contributed by atoms with Gasteiger partial charge < -0.3 is 9.80 Å². The molecular weight excluding hydrogens is 629 g/mol. The van der Waals surface area contributed by atoms with E-state index in [1.807, 2.05) is 0 Å². The third kappa shape index (κ3) is 5.51. The first-order valence-electron chi connectivity index (χ1n) is 18.7. The highest BCUT2D eigenvalue weighted by molar-refractivity contribution is 5.81. The van der Waals surface area contributed by atoms with E-state index in [1.165, 1.54) is 84.2 Å². The maximum atomic E-state index is 2.52. The lowest BCUT2D eigenvalue weighted by atomic mass is 9.76. The van der Waals surface area contributed by atoms with Gasteiger partial charge in [0.25, 0.3) is 0 Å². The van der Waals surface area contributed by atoms with Crippen LogP contribution in [0.1, 0.15) is 51.8 Å². The van der Waals surface area contributed by atoms with Crippen LogP contribution in [-0.2, 0) is 18.3 Å². The minimum absolute atomic E-state index is 0.00242. The molecule has 7 aromatic carbocycles. The largest absolute Gasteiger partial charge is 0.310 e. The highest BCUT2D eigenvalue weighted by atomic mass is 15.1. The number of benzene rings is 7. The Labute approximate surface area is 308 Å². The van der Waals surface area contributed by atoms with Crippen molar-refractivity contribution in [1.82, 2.24) is 0 Å². The van der Waals surface area contributed by atoms with E-state index in [9.17, 15) is 0 Å². The standard InChI is InChI=1S/C50H44N2/c1-35-31-36(2)49(37(3)32-35)40-21-23-44(24-22-40)52(43-17-11-6-12-18-43)46-26-20-39-28-30-50(48(39)34-46)29-27-38-19-25-45(33-47(38)50)51(41-13-7-4-8-14-41)42-15-9-5-10-16-42/h4-26,31-34H,27-30H2,1-3H3/t50-/m1/s1. The van der Waals surface area contributed by atoms with Gasteiger partial charge in [0.1, 0.15) is 0 Å². The molecule has 1 atom stereocenters. The Hall–Kier alpha value is -5.86. The molecule has 0 unspecified atom stereocenters. The van der Waals surface area contributed by atoms with Gasteiger partial charge in [-0.3, -0.25) is 0 Å². The third-order valence-electron chi connectivity index (χ3n) is 11.5. The zero-order chi connectivity index (χ0) is 35.2. The molecule has 2 aliphatic carbocycles. The van der Waals surface area contributed by atoms with Crippen LogP contribution in [0.5, 0.6) is 0 Å². The normalized spacial score (nSPS) is 15.8. The molecule has 0 aliphatic heterocycles. The highest BCUT2D eigenvalue weighted by Crippen LogP contribution is 2.55. The molecule has 2 nitrogen and oxygen atoms in total. The summed E-state index contributed by atoms with van der Waals surface area (Å²) in [6, 6.07) is 60.6. The zero-order valence-corrected chi connectivity index (χ0v) is 30.3. The van der Waals surface area contributed by atoms with Crippen LogP contribution >= 0.6 is 0 Å². The Kier molecular flexibility index (Phi) is 8.04. The molecule has 0 heterocycles. The Morgan fingerprint density at radius 3 is 1.21 bits per heavy atom. The van der Waals surface area contributed by atoms with Crippen molar-refractivity contribution < 1.29 is 0 Å². The van der Waals surface area contributed by atoms with Gasteiger partial charge in [0.05, 0.1) is 0 Å². The van der Waals surface area contributed by atoms with Crippen LogP contribution in [0.2, 0.25) is 0 Å². The number of aryl methyl sites for hydroxylation is 5. The molecule has 2 heteroatoms. The van der Waals surface area contributed by atoms with Gasteiger partial charge in [-0.25, -0.2) is 0 Å². The van der Waals surface area contributed by atoms with Crippen molar-refractivity contribution in [1.29, 1.82) is 0 Å². The van der Waals surface area contributed by atoms with Gasteiger partial charge in [-0.05, 0) is 164 Å². The third-order valence-corrected chi connectivity index (χ3v) is 11.5. The van der Waals surface area contributed by atoms with E-state index in [2.05, 4.69) is 194 Å². The summed E-state index contributed by atoms with van der Waals surface area (Å²) in [4.78, 5) is 4.84. The molecule has 9 rings (SSSR count). The molecule has 0 N–H and O–H groups in total. The summed E-state index contributed by atoms with van der Waals surface area (Å²) in [6.07, 6.45) is 4.51. The van der Waals surface area contributed by atoms with Crippen LogP contribution in [0.15, 0.2) is 164 Å². The number of anilines is 6. The maximum absolute atomic E-state index is 2.52. The Morgan fingerprint density at radius 1 is 0.404 bits per heavy atom. The van der Waals surface area contributed by atoms with Crippen LogP contribution in [-0.4, -0.2) is 0 Å². The molecule has 254 valence electrons. The number of nitrogens with zero attached hydrogens (tertiary/aromatic N) is 2. The minimum Gasteiger partial charge on any atom is -0.310 e. The first-order valence-corrected chi connectivity index (χ1v) is 18.7. The van der Waals surface area contributed by atoms with Gasteiger partial charge in [-0.1, -0.05) is 96.6 Å². The molecule has 0 saturated carbocycles. The number of hydrogen-bond donors (Lipinski definition) is 0. The average Bonchev–Trinajstić information content (AvgIpc) is 3.74. The quantitative estimate of drug-likeness (QED) is 0.166. The van der Waals surface area contributed by atoms with Crippen molar-refractivity contribution in [3.63, 3.8) is 0 Å². The summed E-state index contributed by atoms with van der Waals surface area (Å²) in [6.45, 7) is 6.63. The second-order valence-corrected chi connectivity index (χ2v) is 14.8. The van der Waals surface area contributed by atoms with Crippen molar-refractivity contribution in [2.24, 2.45) is 0 Å². The lowest BCUT2D eigenvalue weighted by molar-refractivity contribution is 0.507. The molecule has 7 aromatic rings. The van der Waals surface area contributed by atoms with Crippen molar-refractivity contribution in [2.45, 2.75) is 51.9 Å². The molecule has 0 saturated heterocycles. The number of hydrogen-bond acceptors (Lipinski definition) is 2. The van der Waals surface area contributed by atoms with Crippen molar-refractivity contribution >= 4 is 34.1 Å². The Balaban J connectivity index is 1.14. The van der Waals surface area contributed by atoms with E-state index in [4.69, 9.17) is 0 Å². The van der Waals surface area contributed by atoms with Crippen LogP contribution in [0.4, 0.5) is 34.1 Å². The SMILES string of the molecule is Cc1cc(C)c(-c2ccc(N(c3ccccc3)c3ccc4c(c3)[C@]3(CCc5ccc(N(c6ccccc6)c6ccccc6)cc53)CC4)cc2)c(C)c1. The van der Waals surface area contributed by atoms with Crippen molar-refractivity contribution in [2.75, 3.05) is 9.80 Å². The molecule has 2 aliphatic rings. The van der Waals surface area contributed by atoms with E-state index in [-0.39, 0.29) is 5.41 Å². The second kappa shape index (κ2) is 13.0. The van der Waals surface area contributed by atoms with Crippen molar-refractivity contribution in [3.05, 3.63) is 203 Å². The molecule has 0 fully saturated rings. The van der Waals surface area contributed by atoms with Crippen LogP contribution < -0.4 is 9.80 Å². The molecule has 0 aromatic heterocycles. The minimum atomic E-state index is 0.00242. The van der Waals surface area contributed by atoms with Crippen molar-refractivity contribution in [3.8, 4) is 11.1 Å². The summed E-state index contributed by atoms with van der Waals surface area (Å²) in [5.74, 6) is 0. The highest BCUT2D eigenvalue weighted by Gasteiger charge is 2.45. The summed E-state index contributed by atoms with van der Waals surface area (Å²) in [5, 5.41) is 0. The van der Waals surface area contributed by atoms with Crippen LogP contribution in [0, 0.1) is 20.8 Å². The molecule has 52 heavy (non-hydrogen) atoms. The smallest absolute Gasteiger partial charge is 0.0464 e. The summed E-state index contributed by atoms with van der Waals surface area (Å²) >= 11 is 0. The van der Waals surface area contributed by atoms with Gasteiger partial charge in [0.15, 0.2) is 0 Å². The van der Waals surface area contributed by atoms with E-state index in [0.29, 0.717) is 0 Å². The topological polar surface area (TPSA) is 6.48 Å². The van der Waals surface area contributed by atoms with E-state index in [1.54, 1.807) is 0 Å². The predicted molar refractivity (Wildman–Crippen MR) is 219 cm³/mol.